The highest BCUT2D eigenvalue weighted by Crippen LogP contribution is 2.30. The first-order valence-electron chi connectivity index (χ1n) is 8.95. The van der Waals surface area contributed by atoms with E-state index in [1.54, 1.807) is 0 Å². The van der Waals surface area contributed by atoms with Gasteiger partial charge in [0.25, 0.3) is 0 Å². The van der Waals surface area contributed by atoms with Gasteiger partial charge in [0.1, 0.15) is 0 Å². The maximum absolute atomic E-state index is 6.46. The molecule has 0 fully saturated rings. The summed E-state index contributed by atoms with van der Waals surface area (Å²) in [5, 5.41) is 6.00. The first-order chi connectivity index (χ1) is 13.6. The molecule has 4 aromatic rings. The van der Waals surface area contributed by atoms with Crippen molar-refractivity contribution in [1.82, 2.24) is 0 Å². The first-order valence-corrected chi connectivity index (χ1v) is 12.9. The van der Waals surface area contributed by atoms with Gasteiger partial charge >= 0.3 is 0 Å². The van der Waals surface area contributed by atoms with Crippen molar-refractivity contribution in [2.75, 3.05) is 0 Å². The van der Waals surface area contributed by atoms with E-state index < -0.39 is 8.07 Å². The molecule has 0 aromatic heterocycles. The van der Waals surface area contributed by atoms with Crippen molar-refractivity contribution in [1.29, 1.82) is 0 Å². The van der Waals surface area contributed by atoms with Crippen molar-refractivity contribution in [2.24, 2.45) is 0 Å². The van der Waals surface area contributed by atoms with E-state index in [1.807, 2.05) is 0 Å². The van der Waals surface area contributed by atoms with Gasteiger partial charge in [-0.15, -0.1) is 0 Å². The maximum atomic E-state index is 6.46. The summed E-state index contributed by atoms with van der Waals surface area (Å²) >= 11 is 13.8. The molecule has 0 saturated carbocycles. The van der Waals surface area contributed by atoms with Gasteiger partial charge in [-0.2, -0.15) is 0 Å². The summed E-state index contributed by atoms with van der Waals surface area (Å²) in [7, 11) is -2.50. The van der Waals surface area contributed by atoms with Gasteiger partial charge in [-0.05, 0) is 64.7 Å². The van der Waals surface area contributed by atoms with E-state index in [1.165, 1.54) is 20.7 Å². The highest BCUT2D eigenvalue weighted by molar-refractivity contribution is 9.11. The van der Waals surface area contributed by atoms with Gasteiger partial charge in [0, 0.05) is 8.95 Å². The van der Waals surface area contributed by atoms with Crippen LogP contribution in [0.3, 0.4) is 0 Å². The predicted molar refractivity (Wildman–Crippen MR) is 130 cm³/mol. The molecule has 0 aliphatic carbocycles. The van der Waals surface area contributed by atoms with Crippen LogP contribution >= 0.6 is 43.5 Å². The van der Waals surface area contributed by atoms with Gasteiger partial charge < -0.3 is 0 Å². The Morgan fingerprint density at radius 1 is 0.500 bits per heavy atom. The lowest BCUT2D eigenvalue weighted by atomic mass is 10.3. The number of hydrogen-bond acceptors (Lipinski definition) is 0. The molecule has 4 heteroatoms. The molecule has 4 aromatic carbocycles. The van der Waals surface area contributed by atoms with Gasteiger partial charge in [0.05, 0.1) is 5.02 Å². The van der Waals surface area contributed by atoms with Crippen LogP contribution in [0.25, 0.3) is 0 Å². The molecular weight excluding hydrogens is 512 g/mol. The second-order valence-corrected chi connectivity index (χ2v) is 12.5. The molecule has 0 spiro atoms. The average Bonchev–Trinajstić information content (AvgIpc) is 2.75. The van der Waals surface area contributed by atoms with E-state index in [2.05, 4.69) is 135 Å². The molecule has 0 bridgehead atoms. The standard InChI is InChI=1S/C24H17Br2ClSi/c25-22-16-21(17-23(26)24(22)27)28(18-10-4-1-5-11-18,19-12-6-2-7-13-19)20-14-8-3-9-15-20/h1-17H. The van der Waals surface area contributed by atoms with Gasteiger partial charge in [-0.3, -0.25) is 0 Å². The molecule has 0 radical (unpaired) electrons. The summed E-state index contributed by atoms with van der Waals surface area (Å²) in [5.41, 5.74) is 0. The number of benzene rings is 4. The lowest BCUT2D eigenvalue weighted by Gasteiger charge is -2.34. The van der Waals surface area contributed by atoms with Crippen LogP contribution in [0, 0.1) is 0 Å². The van der Waals surface area contributed by atoms with E-state index in [0.29, 0.717) is 5.02 Å². The van der Waals surface area contributed by atoms with E-state index >= 15 is 0 Å². The Bertz CT molecular complexity index is 964. The lowest BCUT2D eigenvalue weighted by molar-refractivity contribution is 1.61. The van der Waals surface area contributed by atoms with Crippen LogP contribution in [0.2, 0.25) is 5.02 Å². The number of rotatable bonds is 4. The van der Waals surface area contributed by atoms with Crippen LogP contribution in [-0.4, -0.2) is 8.07 Å². The zero-order valence-corrected chi connectivity index (χ0v) is 19.9. The molecule has 0 aliphatic rings. The normalized spacial score (nSPS) is 11.4. The van der Waals surface area contributed by atoms with E-state index in [-0.39, 0.29) is 0 Å². The minimum Gasteiger partial charge on any atom is -0.0819 e. The molecule has 4 rings (SSSR count). The van der Waals surface area contributed by atoms with Crippen LogP contribution in [0.4, 0.5) is 0 Å². The molecule has 28 heavy (non-hydrogen) atoms. The second kappa shape index (κ2) is 8.38. The zero-order chi connectivity index (χ0) is 19.6. The summed E-state index contributed by atoms with van der Waals surface area (Å²) in [6, 6.07) is 36.9. The third-order valence-corrected chi connectivity index (χ3v) is 11.9. The highest BCUT2D eigenvalue weighted by Gasteiger charge is 2.41. The average molecular weight is 529 g/mol. The summed E-state index contributed by atoms with van der Waals surface area (Å²) < 4.78 is 1.80. The van der Waals surface area contributed by atoms with Gasteiger partial charge in [-0.1, -0.05) is 103 Å². The third-order valence-electron chi connectivity index (χ3n) is 5.04. The van der Waals surface area contributed by atoms with E-state index in [9.17, 15) is 0 Å². The Morgan fingerprint density at radius 3 is 1.14 bits per heavy atom. The SMILES string of the molecule is Clc1c(Br)cc([Si](c2ccccc2)(c2ccccc2)c2ccccc2)cc1Br. The van der Waals surface area contributed by atoms with E-state index in [4.69, 9.17) is 11.6 Å². The smallest absolute Gasteiger partial charge is 0.0819 e. The molecule has 0 unspecified atom stereocenters. The molecule has 0 aliphatic heterocycles. The Labute approximate surface area is 188 Å². The zero-order valence-electron chi connectivity index (χ0n) is 14.9. The van der Waals surface area contributed by atoms with Gasteiger partial charge in [0.2, 0.25) is 0 Å². The predicted octanol–water partition coefficient (Wildman–Crippen LogP) is 5.24. The monoisotopic (exact) mass is 526 g/mol. The van der Waals surface area contributed by atoms with Gasteiger partial charge in [0.15, 0.2) is 8.07 Å². The molecule has 0 heterocycles. The fourth-order valence-corrected chi connectivity index (χ4v) is 10.4. The fraction of sp³-hybridized carbons (Fsp3) is 0. The van der Waals surface area contributed by atoms with Crippen LogP contribution < -0.4 is 20.7 Å². The minimum atomic E-state index is -2.50. The van der Waals surface area contributed by atoms with Crippen LogP contribution in [0.1, 0.15) is 0 Å². The Balaban J connectivity index is 2.17. The van der Waals surface area contributed by atoms with Crippen LogP contribution in [0.5, 0.6) is 0 Å². The van der Waals surface area contributed by atoms with Crippen molar-refractivity contribution >= 4 is 72.3 Å². The Hall–Kier alpha value is -1.65. The Kier molecular flexibility index (Phi) is 5.88. The third kappa shape index (κ3) is 3.41. The fourth-order valence-electron chi connectivity index (χ4n) is 3.84. The van der Waals surface area contributed by atoms with Crippen molar-refractivity contribution in [3.8, 4) is 0 Å². The number of halogens is 3. The topological polar surface area (TPSA) is 0 Å². The second-order valence-electron chi connectivity index (χ2n) is 6.60. The summed E-state index contributed by atoms with van der Waals surface area (Å²) in [4.78, 5) is 0. The summed E-state index contributed by atoms with van der Waals surface area (Å²) in [5.74, 6) is 0. The van der Waals surface area contributed by atoms with Crippen LogP contribution in [-0.2, 0) is 0 Å². The lowest BCUT2D eigenvalue weighted by Crippen LogP contribution is -2.74. The van der Waals surface area contributed by atoms with Crippen molar-refractivity contribution in [2.45, 2.75) is 0 Å². The quantitative estimate of drug-likeness (QED) is 0.193. The van der Waals surface area contributed by atoms with Crippen molar-refractivity contribution in [3.05, 3.63) is 117 Å². The highest BCUT2D eigenvalue weighted by atomic mass is 79.9. The molecule has 0 amide bonds. The summed E-state index contributed by atoms with van der Waals surface area (Å²) in [6.45, 7) is 0. The van der Waals surface area contributed by atoms with Crippen molar-refractivity contribution in [3.63, 3.8) is 0 Å². The van der Waals surface area contributed by atoms with Crippen LogP contribution in [0.15, 0.2) is 112 Å². The van der Waals surface area contributed by atoms with E-state index in [0.717, 1.165) is 8.95 Å². The Morgan fingerprint density at radius 2 is 0.821 bits per heavy atom. The molecule has 0 atom stereocenters. The maximum Gasteiger partial charge on any atom is 0.179 e. The van der Waals surface area contributed by atoms with Crippen molar-refractivity contribution < 1.29 is 0 Å². The largest absolute Gasteiger partial charge is 0.179 e. The molecule has 138 valence electrons. The summed E-state index contributed by atoms with van der Waals surface area (Å²) in [6.07, 6.45) is 0. The molecule has 0 nitrogen and oxygen atoms in total. The molecular formula is C24H17Br2ClSi. The molecule has 0 N–H and O–H groups in total. The molecule has 0 saturated heterocycles. The van der Waals surface area contributed by atoms with Gasteiger partial charge in [-0.25, -0.2) is 0 Å². The first kappa shape index (κ1) is 19.7. The minimum absolute atomic E-state index is 0.695. The number of hydrogen-bond donors (Lipinski definition) is 0.